The van der Waals surface area contributed by atoms with Crippen molar-refractivity contribution in [3.63, 3.8) is 0 Å². The molecule has 3 aliphatic carbocycles. The Labute approximate surface area is 101 Å². The molecule has 1 N–H and O–H groups in total. The Morgan fingerprint density at radius 3 is 2.50 bits per heavy atom. The number of hydrogen-bond donors (Lipinski definition) is 1. The minimum absolute atomic E-state index is 0.00943. The van der Waals surface area contributed by atoms with E-state index in [1.165, 1.54) is 12.4 Å². The second-order valence-corrected chi connectivity index (χ2v) is 5.28. The van der Waals surface area contributed by atoms with Crippen molar-refractivity contribution in [3.05, 3.63) is 30.1 Å². The van der Waals surface area contributed by atoms with E-state index in [4.69, 9.17) is 0 Å². The molecule has 3 aliphatic rings. The lowest BCUT2D eigenvalue weighted by molar-refractivity contribution is -0.336. The summed E-state index contributed by atoms with van der Waals surface area (Å²) in [7, 11) is 0. The molecule has 6 heteroatoms. The maximum atomic E-state index is 12.6. The minimum atomic E-state index is -4.15. The first-order chi connectivity index (χ1) is 8.36. The Bertz CT molecular complexity index is 478. The Morgan fingerprint density at radius 1 is 1.33 bits per heavy atom. The van der Waals surface area contributed by atoms with Gasteiger partial charge >= 0.3 is 6.18 Å². The summed E-state index contributed by atoms with van der Waals surface area (Å²) in [6, 6.07) is 3.21. The lowest BCUT2D eigenvalue weighted by Gasteiger charge is -2.70. The average Bonchev–Trinajstić information content (AvgIpc) is 2.20. The van der Waals surface area contributed by atoms with E-state index < -0.39 is 17.1 Å². The molecule has 1 aromatic heterocycles. The van der Waals surface area contributed by atoms with Gasteiger partial charge in [0.1, 0.15) is 0 Å². The number of alkyl halides is 3. The summed E-state index contributed by atoms with van der Waals surface area (Å²) in [5.41, 5.74) is -1.79. The van der Waals surface area contributed by atoms with E-state index in [1.54, 1.807) is 12.1 Å². The Kier molecular flexibility index (Phi) is 2.07. The maximum absolute atomic E-state index is 12.6. The topological polar surface area (TPSA) is 42.0 Å². The van der Waals surface area contributed by atoms with Crippen LogP contribution in [0.15, 0.2) is 24.5 Å². The largest absolute Gasteiger partial charge is 0.394 e. The van der Waals surface area contributed by atoms with Crippen LogP contribution in [0.1, 0.15) is 29.6 Å². The van der Waals surface area contributed by atoms with Crippen molar-refractivity contribution in [1.29, 1.82) is 0 Å². The first kappa shape index (κ1) is 11.5. The molecular formula is C12H11F3N2O. The molecule has 0 saturated heterocycles. The highest BCUT2D eigenvalue weighted by Gasteiger charge is 2.78. The van der Waals surface area contributed by atoms with Crippen LogP contribution in [0.3, 0.4) is 0 Å². The molecule has 0 atom stereocenters. The van der Waals surface area contributed by atoms with Gasteiger partial charge in [-0.2, -0.15) is 13.2 Å². The molecule has 0 unspecified atom stereocenters. The first-order valence-corrected chi connectivity index (χ1v) is 5.65. The summed E-state index contributed by atoms with van der Waals surface area (Å²) in [6.07, 6.45) is -1.18. The lowest BCUT2D eigenvalue weighted by Crippen LogP contribution is -2.78. The number of aromatic nitrogens is 1. The third-order valence-electron chi connectivity index (χ3n) is 3.93. The number of carbonyl (C=O) groups excluding carboxylic acids is 1. The molecule has 1 heterocycles. The van der Waals surface area contributed by atoms with E-state index >= 15 is 0 Å². The van der Waals surface area contributed by atoms with Crippen molar-refractivity contribution in [3.8, 4) is 0 Å². The van der Waals surface area contributed by atoms with Gasteiger partial charge in [0.25, 0.3) is 5.91 Å². The highest BCUT2D eigenvalue weighted by atomic mass is 19.4. The quantitative estimate of drug-likeness (QED) is 0.882. The van der Waals surface area contributed by atoms with Crippen molar-refractivity contribution < 1.29 is 18.0 Å². The zero-order valence-electron chi connectivity index (χ0n) is 9.42. The summed E-state index contributed by atoms with van der Waals surface area (Å²) in [5, 5.41) is 2.69. The average molecular weight is 256 g/mol. The zero-order valence-corrected chi connectivity index (χ0v) is 9.42. The number of nitrogens with one attached hydrogen (secondary N) is 1. The number of hydrogen-bond acceptors (Lipinski definition) is 2. The van der Waals surface area contributed by atoms with Crippen LogP contribution in [-0.4, -0.2) is 22.6 Å². The summed E-state index contributed by atoms with van der Waals surface area (Å²) < 4.78 is 37.9. The highest BCUT2D eigenvalue weighted by molar-refractivity contribution is 5.94. The van der Waals surface area contributed by atoms with Gasteiger partial charge < -0.3 is 5.32 Å². The van der Waals surface area contributed by atoms with Gasteiger partial charge in [-0.25, -0.2) is 0 Å². The molecule has 2 bridgehead atoms. The molecule has 0 aromatic carbocycles. The molecule has 0 aliphatic heterocycles. The number of amides is 1. The molecular weight excluding hydrogens is 245 g/mol. The van der Waals surface area contributed by atoms with Crippen molar-refractivity contribution in [1.82, 2.24) is 10.3 Å². The van der Waals surface area contributed by atoms with Crippen LogP contribution in [-0.2, 0) is 0 Å². The Morgan fingerprint density at radius 2 is 2.00 bits per heavy atom. The van der Waals surface area contributed by atoms with E-state index in [-0.39, 0.29) is 25.2 Å². The third-order valence-corrected chi connectivity index (χ3v) is 3.93. The van der Waals surface area contributed by atoms with Gasteiger partial charge in [0, 0.05) is 17.9 Å². The van der Waals surface area contributed by atoms with E-state index in [0.717, 1.165) is 0 Å². The summed E-state index contributed by atoms with van der Waals surface area (Å²) >= 11 is 0. The van der Waals surface area contributed by atoms with E-state index in [0.29, 0.717) is 5.56 Å². The molecule has 4 rings (SSSR count). The number of rotatable bonds is 2. The van der Waals surface area contributed by atoms with Crippen LogP contribution in [0.5, 0.6) is 0 Å². The normalized spacial score (nSPS) is 33.3. The summed E-state index contributed by atoms with van der Waals surface area (Å²) in [6.45, 7) is 0. The second kappa shape index (κ2) is 3.24. The fourth-order valence-corrected chi connectivity index (χ4v) is 3.03. The van der Waals surface area contributed by atoms with Gasteiger partial charge in [0.2, 0.25) is 0 Å². The monoisotopic (exact) mass is 256 g/mol. The molecule has 3 saturated carbocycles. The number of carbonyl (C=O) groups is 1. The number of nitrogens with zero attached hydrogens (tertiary/aromatic N) is 1. The first-order valence-electron chi connectivity index (χ1n) is 5.65. The van der Waals surface area contributed by atoms with Gasteiger partial charge in [0.15, 0.2) is 0 Å². The molecule has 18 heavy (non-hydrogen) atoms. The number of pyridine rings is 1. The van der Waals surface area contributed by atoms with Crippen LogP contribution < -0.4 is 5.32 Å². The molecule has 96 valence electrons. The van der Waals surface area contributed by atoms with Crippen molar-refractivity contribution in [2.24, 2.45) is 5.41 Å². The fourth-order valence-electron chi connectivity index (χ4n) is 3.03. The van der Waals surface area contributed by atoms with Gasteiger partial charge in [-0.3, -0.25) is 9.78 Å². The van der Waals surface area contributed by atoms with Gasteiger partial charge in [-0.1, -0.05) is 0 Å². The number of halogens is 3. The van der Waals surface area contributed by atoms with E-state index in [2.05, 4.69) is 10.3 Å². The second-order valence-electron chi connectivity index (χ2n) is 5.28. The molecule has 0 spiro atoms. The zero-order chi connectivity index (χ0) is 13.0. The van der Waals surface area contributed by atoms with Crippen LogP contribution >= 0.6 is 0 Å². The summed E-state index contributed by atoms with van der Waals surface area (Å²) in [5.74, 6) is -0.349. The van der Waals surface area contributed by atoms with Crippen molar-refractivity contribution >= 4 is 5.91 Å². The fraction of sp³-hybridized carbons (Fsp3) is 0.500. The van der Waals surface area contributed by atoms with Crippen LogP contribution in [0.25, 0.3) is 0 Å². The van der Waals surface area contributed by atoms with Gasteiger partial charge in [-0.15, -0.1) is 0 Å². The molecule has 1 amide bonds. The van der Waals surface area contributed by atoms with E-state index in [1.807, 2.05) is 0 Å². The smallest absolute Gasteiger partial charge is 0.346 e. The predicted molar refractivity (Wildman–Crippen MR) is 56.8 cm³/mol. The van der Waals surface area contributed by atoms with E-state index in [9.17, 15) is 18.0 Å². The SMILES string of the molecule is O=C(NC12CC(C(F)(F)F)(C1)C2)c1cccnc1. The van der Waals surface area contributed by atoms with Crippen LogP contribution in [0.2, 0.25) is 0 Å². The molecule has 1 aromatic rings. The Hall–Kier alpha value is -1.59. The highest BCUT2D eigenvalue weighted by Crippen LogP contribution is 2.73. The lowest BCUT2D eigenvalue weighted by atomic mass is 9.39. The van der Waals surface area contributed by atoms with Gasteiger partial charge in [0.05, 0.1) is 11.0 Å². The molecule has 3 fully saturated rings. The standard InChI is InChI=1S/C12H11F3N2O/c13-12(14,15)10-5-11(6-10,7-10)17-9(18)8-2-1-3-16-4-8/h1-4H,5-7H2,(H,17,18). The van der Waals surface area contributed by atoms with Gasteiger partial charge in [-0.05, 0) is 31.4 Å². The predicted octanol–water partition coefficient (Wildman–Crippen LogP) is 2.30. The molecule has 3 nitrogen and oxygen atoms in total. The van der Waals surface area contributed by atoms with Crippen molar-refractivity contribution in [2.45, 2.75) is 31.0 Å². The van der Waals surface area contributed by atoms with Crippen LogP contribution in [0.4, 0.5) is 13.2 Å². The molecule has 0 radical (unpaired) electrons. The minimum Gasteiger partial charge on any atom is -0.346 e. The summed E-state index contributed by atoms with van der Waals surface area (Å²) in [4.78, 5) is 15.6. The third kappa shape index (κ3) is 1.44. The van der Waals surface area contributed by atoms with Crippen LogP contribution in [0, 0.1) is 5.41 Å². The Balaban J connectivity index is 1.64. The van der Waals surface area contributed by atoms with Crippen molar-refractivity contribution in [2.75, 3.05) is 0 Å². The maximum Gasteiger partial charge on any atom is 0.394 e.